The lowest BCUT2D eigenvalue weighted by molar-refractivity contribution is -0.137. The molecule has 1 aromatic rings. The largest absolute Gasteiger partial charge is 0.330 e. The molecule has 2 fully saturated rings. The van der Waals surface area contributed by atoms with Crippen LogP contribution in [0.1, 0.15) is 25.7 Å². The minimum Gasteiger partial charge on any atom is -0.330 e. The summed E-state index contributed by atoms with van der Waals surface area (Å²) in [5.74, 6) is 0.331. The topological polar surface area (TPSA) is 49.4 Å². The Hall–Kier alpha value is -1.36. The average Bonchev–Trinajstić information content (AvgIpc) is 2.89. The molecule has 1 N–H and O–H groups in total. The Bertz CT molecular complexity index is 454. The molecule has 1 atom stereocenters. The Morgan fingerprint density at radius 1 is 1.33 bits per heavy atom. The van der Waals surface area contributed by atoms with E-state index in [1.165, 1.54) is 0 Å². The summed E-state index contributed by atoms with van der Waals surface area (Å²) in [6.07, 6.45) is 3.71. The van der Waals surface area contributed by atoms with E-state index in [0.717, 1.165) is 37.9 Å². The van der Waals surface area contributed by atoms with Crippen molar-refractivity contribution < 1.29 is 9.59 Å². The molecule has 1 saturated heterocycles. The fraction of sp³-hybridized carbons (Fsp3) is 0.538. The molecular weight excluding hydrogens is 248 g/mol. The third-order valence-electron chi connectivity index (χ3n) is 3.55. The van der Waals surface area contributed by atoms with E-state index >= 15 is 0 Å². The van der Waals surface area contributed by atoms with Crippen LogP contribution in [0.25, 0.3) is 0 Å². The molecule has 1 saturated carbocycles. The number of anilines is 1. The van der Waals surface area contributed by atoms with E-state index < -0.39 is 0 Å². The third kappa shape index (κ3) is 2.27. The Balaban J connectivity index is 1.66. The SMILES string of the molecule is O=C(Nc1ccsc1)C1CCCN1C(=O)C1CC1. The summed E-state index contributed by atoms with van der Waals surface area (Å²) in [5.41, 5.74) is 0.829. The third-order valence-corrected chi connectivity index (χ3v) is 4.24. The second-order valence-electron chi connectivity index (χ2n) is 4.97. The highest BCUT2D eigenvalue weighted by Crippen LogP contribution is 2.33. The van der Waals surface area contributed by atoms with Gasteiger partial charge in [0.25, 0.3) is 0 Å². The molecule has 0 aromatic carbocycles. The maximum Gasteiger partial charge on any atom is 0.247 e. The number of hydrogen-bond donors (Lipinski definition) is 1. The minimum absolute atomic E-state index is 0.0418. The summed E-state index contributed by atoms with van der Waals surface area (Å²) >= 11 is 1.55. The Labute approximate surface area is 110 Å². The van der Waals surface area contributed by atoms with E-state index in [1.807, 2.05) is 16.8 Å². The number of carbonyl (C=O) groups excluding carboxylic acids is 2. The van der Waals surface area contributed by atoms with E-state index in [0.29, 0.717) is 0 Å². The van der Waals surface area contributed by atoms with Crippen LogP contribution in [0.15, 0.2) is 16.8 Å². The van der Waals surface area contributed by atoms with E-state index in [4.69, 9.17) is 0 Å². The Morgan fingerprint density at radius 2 is 2.17 bits per heavy atom. The van der Waals surface area contributed by atoms with E-state index in [1.54, 1.807) is 16.2 Å². The van der Waals surface area contributed by atoms with Gasteiger partial charge in [-0.1, -0.05) is 0 Å². The number of amides is 2. The molecule has 0 bridgehead atoms. The van der Waals surface area contributed by atoms with Crippen LogP contribution in [-0.2, 0) is 9.59 Å². The summed E-state index contributed by atoms with van der Waals surface area (Å²) in [4.78, 5) is 26.0. The lowest BCUT2D eigenvalue weighted by Gasteiger charge is -2.23. The number of rotatable bonds is 3. The molecule has 4 nitrogen and oxygen atoms in total. The van der Waals surface area contributed by atoms with Crippen molar-refractivity contribution >= 4 is 28.8 Å². The molecule has 3 rings (SSSR count). The first-order valence-electron chi connectivity index (χ1n) is 6.39. The second-order valence-corrected chi connectivity index (χ2v) is 5.75. The highest BCUT2D eigenvalue weighted by molar-refractivity contribution is 7.08. The second kappa shape index (κ2) is 4.72. The average molecular weight is 264 g/mol. The number of nitrogens with one attached hydrogen (secondary N) is 1. The molecule has 1 aliphatic carbocycles. The molecule has 2 amide bonds. The predicted molar refractivity (Wildman–Crippen MR) is 70.4 cm³/mol. The first-order valence-corrected chi connectivity index (χ1v) is 7.33. The summed E-state index contributed by atoms with van der Waals surface area (Å²) in [6, 6.07) is 1.61. The maximum atomic E-state index is 12.2. The van der Waals surface area contributed by atoms with Gasteiger partial charge in [0.05, 0.1) is 5.69 Å². The van der Waals surface area contributed by atoms with Crippen molar-refractivity contribution in [1.82, 2.24) is 4.90 Å². The van der Waals surface area contributed by atoms with Gasteiger partial charge in [0, 0.05) is 17.8 Å². The molecule has 5 heteroatoms. The van der Waals surface area contributed by atoms with Gasteiger partial charge in [-0.05, 0) is 37.1 Å². The molecule has 0 spiro atoms. The van der Waals surface area contributed by atoms with E-state index in [9.17, 15) is 9.59 Å². The number of hydrogen-bond acceptors (Lipinski definition) is 3. The van der Waals surface area contributed by atoms with Crippen molar-refractivity contribution in [1.29, 1.82) is 0 Å². The Morgan fingerprint density at radius 3 is 2.83 bits per heavy atom. The van der Waals surface area contributed by atoms with Crippen LogP contribution in [0.2, 0.25) is 0 Å². The number of likely N-dealkylation sites (tertiary alicyclic amines) is 1. The monoisotopic (exact) mass is 264 g/mol. The van der Waals surface area contributed by atoms with Crippen LogP contribution in [-0.4, -0.2) is 29.3 Å². The van der Waals surface area contributed by atoms with Crippen LogP contribution < -0.4 is 5.32 Å². The van der Waals surface area contributed by atoms with Crippen molar-refractivity contribution in [3.63, 3.8) is 0 Å². The first-order chi connectivity index (χ1) is 8.75. The highest BCUT2D eigenvalue weighted by Gasteiger charge is 2.40. The van der Waals surface area contributed by atoms with Crippen molar-refractivity contribution in [3.8, 4) is 0 Å². The number of nitrogens with zero attached hydrogens (tertiary/aromatic N) is 1. The van der Waals surface area contributed by atoms with E-state index in [2.05, 4.69) is 5.32 Å². The minimum atomic E-state index is -0.266. The van der Waals surface area contributed by atoms with Gasteiger partial charge in [-0.25, -0.2) is 0 Å². The summed E-state index contributed by atoms with van der Waals surface area (Å²) < 4.78 is 0. The number of carbonyl (C=O) groups is 2. The number of thiophene rings is 1. The summed E-state index contributed by atoms with van der Waals surface area (Å²) in [7, 11) is 0. The maximum absolute atomic E-state index is 12.2. The van der Waals surface area contributed by atoms with Crippen molar-refractivity contribution in [2.45, 2.75) is 31.7 Å². The molecule has 1 aliphatic heterocycles. The lowest BCUT2D eigenvalue weighted by Crippen LogP contribution is -2.43. The standard InChI is InChI=1S/C13H16N2O2S/c16-12(14-10-5-7-18-8-10)11-2-1-6-15(11)13(17)9-3-4-9/h5,7-9,11H,1-4,6H2,(H,14,16). The fourth-order valence-corrected chi connectivity index (χ4v) is 3.02. The van der Waals surface area contributed by atoms with Gasteiger partial charge in [0.2, 0.25) is 11.8 Å². The Kier molecular flexibility index (Phi) is 3.07. The van der Waals surface area contributed by atoms with Gasteiger partial charge in [-0.15, -0.1) is 0 Å². The van der Waals surface area contributed by atoms with Crippen molar-refractivity contribution in [2.75, 3.05) is 11.9 Å². The van der Waals surface area contributed by atoms with Gasteiger partial charge >= 0.3 is 0 Å². The van der Waals surface area contributed by atoms with E-state index in [-0.39, 0.29) is 23.8 Å². The zero-order valence-electron chi connectivity index (χ0n) is 10.1. The van der Waals surface area contributed by atoms with Crippen LogP contribution in [0.5, 0.6) is 0 Å². The molecule has 2 aliphatic rings. The van der Waals surface area contributed by atoms with Crippen LogP contribution >= 0.6 is 11.3 Å². The molecule has 1 unspecified atom stereocenters. The highest BCUT2D eigenvalue weighted by atomic mass is 32.1. The van der Waals surface area contributed by atoms with Crippen molar-refractivity contribution in [3.05, 3.63) is 16.8 Å². The van der Waals surface area contributed by atoms with Crippen LogP contribution in [0, 0.1) is 5.92 Å². The molecule has 2 heterocycles. The van der Waals surface area contributed by atoms with Gasteiger partial charge in [-0.3, -0.25) is 9.59 Å². The lowest BCUT2D eigenvalue weighted by atomic mass is 10.2. The van der Waals surface area contributed by atoms with Gasteiger partial charge in [0.1, 0.15) is 6.04 Å². The molecule has 0 radical (unpaired) electrons. The van der Waals surface area contributed by atoms with Crippen molar-refractivity contribution in [2.24, 2.45) is 5.92 Å². The fourth-order valence-electron chi connectivity index (χ4n) is 2.43. The molecule has 18 heavy (non-hydrogen) atoms. The zero-order valence-corrected chi connectivity index (χ0v) is 10.9. The smallest absolute Gasteiger partial charge is 0.247 e. The normalized spacial score (nSPS) is 23.1. The molecule has 1 aromatic heterocycles. The van der Waals surface area contributed by atoms with Gasteiger partial charge in [-0.2, -0.15) is 11.3 Å². The molecule has 96 valence electrons. The van der Waals surface area contributed by atoms with Crippen LogP contribution in [0.4, 0.5) is 5.69 Å². The van der Waals surface area contributed by atoms with Gasteiger partial charge in [0.15, 0.2) is 0 Å². The zero-order chi connectivity index (χ0) is 12.5. The van der Waals surface area contributed by atoms with Gasteiger partial charge < -0.3 is 10.2 Å². The molecular formula is C13H16N2O2S. The summed E-state index contributed by atoms with van der Waals surface area (Å²) in [5, 5.41) is 6.72. The quantitative estimate of drug-likeness (QED) is 0.908. The summed E-state index contributed by atoms with van der Waals surface area (Å²) in [6.45, 7) is 0.733. The predicted octanol–water partition coefficient (Wildman–Crippen LogP) is 2.09. The first kappa shape index (κ1) is 11.7. The van der Waals surface area contributed by atoms with Crippen LogP contribution in [0.3, 0.4) is 0 Å².